The maximum Gasteiger partial charge on any atom is 0.155 e. The molecule has 0 amide bonds. The average molecular weight is 247 g/mol. The highest BCUT2D eigenvalue weighted by atomic mass is 32.2. The first kappa shape index (κ1) is 14.0. The van der Waals surface area contributed by atoms with Gasteiger partial charge in [-0.1, -0.05) is 6.92 Å². The molecule has 1 saturated carbocycles. The summed E-state index contributed by atoms with van der Waals surface area (Å²) >= 11 is 0. The topological polar surface area (TPSA) is 60.2 Å². The Bertz CT molecular complexity index is 343. The molecular formula is C12H25NO2S. The van der Waals surface area contributed by atoms with Crippen LogP contribution in [-0.4, -0.2) is 25.0 Å². The van der Waals surface area contributed by atoms with E-state index in [1.165, 1.54) is 0 Å². The van der Waals surface area contributed by atoms with Crippen LogP contribution >= 0.6 is 0 Å². The molecule has 0 aromatic carbocycles. The summed E-state index contributed by atoms with van der Waals surface area (Å²) in [5, 5.41) is 0. The van der Waals surface area contributed by atoms with Crippen LogP contribution in [0.25, 0.3) is 0 Å². The molecule has 0 saturated heterocycles. The Morgan fingerprint density at radius 1 is 1.38 bits per heavy atom. The van der Waals surface area contributed by atoms with E-state index < -0.39 is 14.6 Å². The van der Waals surface area contributed by atoms with Crippen molar-refractivity contribution in [3.63, 3.8) is 0 Å². The fourth-order valence-corrected chi connectivity index (χ4v) is 3.66. The molecule has 0 heterocycles. The second kappa shape index (κ2) is 4.30. The van der Waals surface area contributed by atoms with Gasteiger partial charge in [0.15, 0.2) is 9.84 Å². The van der Waals surface area contributed by atoms with Gasteiger partial charge in [0.1, 0.15) is 0 Å². The monoisotopic (exact) mass is 247 g/mol. The summed E-state index contributed by atoms with van der Waals surface area (Å²) in [4.78, 5) is 0. The quantitative estimate of drug-likeness (QED) is 0.831. The molecule has 16 heavy (non-hydrogen) atoms. The molecule has 0 radical (unpaired) electrons. The Balaban J connectivity index is 2.59. The molecule has 1 fully saturated rings. The molecule has 1 rings (SSSR count). The van der Waals surface area contributed by atoms with Crippen molar-refractivity contribution >= 4 is 9.84 Å². The molecule has 0 spiro atoms. The minimum Gasteiger partial charge on any atom is -0.328 e. The maximum absolute atomic E-state index is 12.0. The summed E-state index contributed by atoms with van der Waals surface area (Å²) in [5.74, 6) is 0.291. The lowest BCUT2D eigenvalue weighted by molar-refractivity contribution is 0.319. The second-order valence-electron chi connectivity index (χ2n) is 6.49. The molecule has 1 aliphatic rings. The molecule has 1 aliphatic carbocycles. The van der Waals surface area contributed by atoms with E-state index in [1.54, 1.807) is 20.8 Å². The van der Waals surface area contributed by atoms with E-state index in [2.05, 4.69) is 6.92 Å². The van der Waals surface area contributed by atoms with Crippen molar-refractivity contribution in [1.29, 1.82) is 0 Å². The lowest BCUT2D eigenvalue weighted by Crippen LogP contribution is -2.32. The summed E-state index contributed by atoms with van der Waals surface area (Å²) in [6, 6.07) is 0.266. The fraction of sp³-hybridized carbons (Fsp3) is 1.00. The summed E-state index contributed by atoms with van der Waals surface area (Å²) in [5.41, 5.74) is 6.02. The third-order valence-corrected chi connectivity index (χ3v) is 6.39. The predicted octanol–water partition coefficient (Wildman–Crippen LogP) is 2.11. The maximum atomic E-state index is 12.0. The van der Waals surface area contributed by atoms with E-state index in [4.69, 9.17) is 5.73 Å². The first-order chi connectivity index (χ1) is 7.06. The van der Waals surface area contributed by atoms with Gasteiger partial charge in [0, 0.05) is 6.04 Å². The Hall–Kier alpha value is -0.0900. The molecular weight excluding hydrogens is 222 g/mol. The van der Waals surface area contributed by atoms with Gasteiger partial charge in [-0.05, 0) is 51.9 Å². The van der Waals surface area contributed by atoms with Gasteiger partial charge in [-0.2, -0.15) is 0 Å². The number of hydrogen-bond donors (Lipinski definition) is 1. The van der Waals surface area contributed by atoms with Crippen molar-refractivity contribution in [3.05, 3.63) is 0 Å². The number of hydrogen-bond acceptors (Lipinski definition) is 3. The van der Waals surface area contributed by atoms with Crippen molar-refractivity contribution in [2.24, 2.45) is 11.1 Å². The van der Waals surface area contributed by atoms with Crippen LogP contribution in [0.3, 0.4) is 0 Å². The standard InChI is InChI=1S/C12H25NO2S/c1-11(2,3)16(14,15)8-7-12(4)6-5-10(13)9-12/h10H,5-9,13H2,1-4H3. The zero-order chi connectivity index (χ0) is 12.6. The summed E-state index contributed by atoms with van der Waals surface area (Å²) in [7, 11) is -2.98. The van der Waals surface area contributed by atoms with Gasteiger partial charge >= 0.3 is 0 Å². The third-order valence-electron chi connectivity index (χ3n) is 3.78. The molecule has 0 bridgehead atoms. The molecule has 2 N–H and O–H groups in total. The first-order valence-corrected chi connectivity index (χ1v) is 7.69. The minimum absolute atomic E-state index is 0.137. The van der Waals surface area contributed by atoms with E-state index in [0.717, 1.165) is 25.7 Å². The number of rotatable bonds is 3. The molecule has 96 valence electrons. The third kappa shape index (κ3) is 3.20. The molecule has 0 aromatic heterocycles. The minimum atomic E-state index is -2.98. The van der Waals surface area contributed by atoms with E-state index in [0.29, 0.717) is 5.75 Å². The van der Waals surface area contributed by atoms with Crippen LogP contribution in [0.15, 0.2) is 0 Å². The second-order valence-corrected chi connectivity index (χ2v) is 9.36. The Labute approximate surface area is 99.7 Å². The summed E-state index contributed by atoms with van der Waals surface area (Å²) in [6.07, 6.45) is 3.81. The summed E-state index contributed by atoms with van der Waals surface area (Å²) in [6.45, 7) is 7.47. The molecule has 0 aliphatic heterocycles. The first-order valence-electron chi connectivity index (χ1n) is 6.04. The molecule has 3 nitrogen and oxygen atoms in total. The predicted molar refractivity (Wildman–Crippen MR) is 68.1 cm³/mol. The zero-order valence-corrected chi connectivity index (χ0v) is 11.7. The van der Waals surface area contributed by atoms with Crippen molar-refractivity contribution in [1.82, 2.24) is 0 Å². The van der Waals surface area contributed by atoms with Crippen LogP contribution in [0.2, 0.25) is 0 Å². The zero-order valence-electron chi connectivity index (χ0n) is 10.9. The normalized spacial score (nSPS) is 31.9. The van der Waals surface area contributed by atoms with E-state index in [9.17, 15) is 8.42 Å². The SMILES string of the molecule is CC1(CCS(=O)(=O)C(C)(C)C)CCC(N)C1. The van der Waals surface area contributed by atoms with Crippen LogP contribution < -0.4 is 5.73 Å². The van der Waals surface area contributed by atoms with E-state index >= 15 is 0 Å². The Morgan fingerprint density at radius 3 is 2.31 bits per heavy atom. The van der Waals surface area contributed by atoms with Crippen LogP contribution in [0.1, 0.15) is 53.4 Å². The van der Waals surface area contributed by atoms with Crippen molar-refractivity contribution < 1.29 is 8.42 Å². The van der Waals surface area contributed by atoms with Crippen molar-refractivity contribution in [2.75, 3.05) is 5.75 Å². The largest absolute Gasteiger partial charge is 0.328 e. The van der Waals surface area contributed by atoms with E-state index in [-0.39, 0.29) is 11.5 Å². The van der Waals surface area contributed by atoms with Crippen LogP contribution in [0.4, 0.5) is 0 Å². The van der Waals surface area contributed by atoms with Gasteiger partial charge in [-0.15, -0.1) is 0 Å². The van der Waals surface area contributed by atoms with E-state index in [1.807, 2.05) is 0 Å². The average Bonchev–Trinajstić information content (AvgIpc) is 2.42. The van der Waals surface area contributed by atoms with Gasteiger partial charge < -0.3 is 5.73 Å². The molecule has 2 unspecified atom stereocenters. The molecule has 2 atom stereocenters. The van der Waals surface area contributed by atoms with Crippen molar-refractivity contribution in [2.45, 2.75) is 64.2 Å². The Kier molecular flexibility index (Phi) is 3.75. The van der Waals surface area contributed by atoms with Crippen LogP contribution in [0, 0.1) is 5.41 Å². The van der Waals surface area contributed by atoms with Gasteiger partial charge in [0.05, 0.1) is 10.5 Å². The lowest BCUT2D eigenvalue weighted by Gasteiger charge is -2.26. The molecule has 4 heteroatoms. The highest BCUT2D eigenvalue weighted by Crippen LogP contribution is 2.40. The highest BCUT2D eigenvalue weighted by molar-refractivity contribution is 7.92. The van der Waals surface area contributed by atoms with Gasteiger partial charge in [-0.3, -0.25) is 0 Å². The van der Waals surface area contributed by atoms with Crippen LogP contribution in [-0.2, 0) is 9.84 Å². The highest BCUT2D eigenvalue weighted by Gasteiger charge is 2.36. The van der Waals surface area contributed by atoms with Crippen molar-refractivity contribution in [3.8, 4) is 0 Å². The fourth-order valence-electron chi connectivity index (χ4n) is 2.28. The number of nitrogens with two attached hydrogens (primary N) is 1. The summed E-state index contributed by atoms with van der Waals surface area (Å²) < 4.78 is 23.4. The Morgan fingerprint density at radius 2 is 1.94 bits per heavy atom. The molecule has 0 aromatic rings. The van der Waals surface area contributed by atoms with Gasteiger partial charge in [0.25, 0.3) is 0 Å². The van der Waals surface area contributed by atoms with Gasteiger partial charge in [0.2, 0.25) is 0 Å². The lowest BCUT2D eigenvalue weighted by atomic mass is 9.86. The smallest absolute Gasteiger partial charge is 0.155 e. The van der Waals surface area contributed by atoms with Gasteiger partial charge in [-0.25, -0.2) is 8.42 Å². The van der Waals surface area contributed by atoms with Crippen LogP contribution in [0.5, 0.6) is 0 Å². The number of sulfone groups is 1.